The first-order valence-corrected chi connectivity index (χ1v) is 7.05. The molecule has 0 bridgehead atoms. The molecule has 1 fully saturated rings. The summed E-state index contributed by atoms with van der Waals surface area (Å²) in [5.41, 5.74) is 0.212. The molecule has 1 N–H and O–H groups in total. The Morgan fingerprint density at radius 3 is 2.44 bits per heavy atom. The van der Waals surface area contributed by atoms with Crippen molar-refractivity contribution in [3.05, 3.63) is 0 Å². The van der Waals surface area contributed by atoms with Crippen LogP contribution >= 0.6 is 0 Å². The van der Waals surface area contributed by atoms with Crippen LogP contribution in [-0.4, -0.2) is 48.3 Å². The Morgan fingerprint density at radius 1 is 1.39 bits per heavy atom. The Hall–Kier alpha value is -0.610. The van der Waals surface area contributed by atoms with Gasteiger partial charge in [-0.25, -0.2) is 0 Å². The predicted octanol–water partition coefficient (Wildman–Crippen LogP) is 2.38. The van der Waals surface area contributed by atoms with Crippen LogP contribution in [0.3, 0.4) is 0 Å². The second-order valence-electron chi connectivity index (χ2n) is 5.26. The molecule has 1 saturated carbocycles. The van der Waals surface area contributed by atoms with Gasteiger partial charge in [-0.3, -0.25) is 4.79 Å². The van der Waals surface area contributed by atoms with Crippen molar-refractivity contribution in [3.8, 4) is 0 Å². The Balaban J connectivity index is 2.63. The molecule has 1 aliphatic rings. The van der Waals surface area contributed by atoms with E-state index in [-0.39, 0.29) is 11.8 Å². The minimum atomic E-state index is -0.721. The van der Waals surface area contributed by atoms with E-state index in [1.165, 1.54) is 0 Å². The van der Waals surface area contributed by atoms with Gasteiger partial charge in [0.15, 0.2) is 0 Å². The maximum atomic E-state index is 10.6. The minimum Gasteiger partial charge on any atom is -0.481 e. The van der Waals surface area contributed by atoms with Gasteiger partial charge in [0, 0.05) is 24.6 Å². The van der Waals surface area contributed by atoms with Gasteiger partial charge in [0.25, 0.3) is 0 Å². The highest BCUT2D eigenvalue weighted by Crippen LogP contribution is 2.51. The summed E-state index contributed by atoms with van der Waals surface area (Å²) in [6, 6.07) is 0.461. The normalized spacial score (nSPS) is 26.1. The van der Waals surface area contributed by atoms with Gasteiger partial charge in [-0.05, 0) is 33.2 Å². The fraction of sp³-hybridized carbons (Fsp3) is 0.929. The second-order valence-corrected chi connectivity index (χ2v) is 5.26. The van der Waals surface area contributed by atoms with E-state index in [1.807, 2.05) is 14.0 Å². The van der Waals surface area contributed by atoms with E-state index in [2.05, 4.69) is 18.7 Å². The maximum absolute atomic E-state index is 10.6. The average Bonchev–Trinajstić information content (AvgIpc) is 2.33. The molecule has 2 atom stereocenters. The first-order valence-electron chi connectivity index (χ1n) is 7.05. The molecule has 4 nitrogen and oxygen atoms in total. The number of hydrogen-bond donors (Lipinski definition) is 1. The average molecular weight is 257 g/mol. The van der Waals surface area contributed by atoms with Gasteiger partial charge in [0.05, 0.1) is 12.5 Å². The molecule has 4 heteroatoms. The lowest BCUT2D eigenvalue weighted by Gasteiger charge is -2.58. The Kier molecular flexibility index (Phi) is 5.60. The number of rotatable bonds is 8. The van der Waals surface area contributed by atoms with E-state index < -0.39 is 5.97 Å². The van der Waals surface area contributed by atoms with Gasteiger partial charge in [-0.15, -0.1) is 0 Å². The fourth-order valence-corrected chi connectivity index (χ4v) is 3.38. The summed E-state index contributed by atoms with van der Waals surface area (Å²) in [6.45, 7) is 7.86. The van der Waals surface area contributed by atoms with E-state index in [9.17, 15) is 4.79 Å². The number of carbonyl (C=O) groups is 1. The third-order valence-electron chi connectivity index (χ3n) is 4.64. The monoisotopic (exact) mass is 257 g/mol. The summed E-state index contributed by atoms with van der Waals surface area (Å²) >= 11 is 0. The van der Waals surface area contributed by atoms with E-state index >= 15 is 0 Å². The Labute approximate surface area is 110 Å². The van der Waals surface area contributed by atoms with Gasteiger partial charge in [-0.1, -0.05) is 13.8 Å². The van der Waals surface area contributed by atoms with E-state index in [1.54, 1.807) is 0 Å². The first-order chi connectivity index (χ1) is 8.51. The van der Waals surface area contributed by atoms with Gasteiger partial charge in [-0.2, -0.15) is 0 Å². The van der Waals surface area contributed by atoms with Crippen LogP contribution < -0.4 is 0 Å². The first kappa shape index (κ1) is 15.4. The maximum Gasteiger partial charge on any atom is 0.304 e. The molecule has 0 aliphatic heterocycles. The lowest BCUT2D eigenvalue weighted by Crippen LogP contribution is -2.63. The third-order valence-corrected chi connectivity index (χ3v) is 4.64. The van der Waals surface area contributed by atoms with Crippen molar-refractivity contribution in [2.45, 2.75) is 58.6 Å². The molecule has 0 radical (unpaired) electrons. The highest BCUT2D eigenvalue weighted by molar-refractivity contribution is 5.66. The van der Waals surface area contributed by atoms with E-state index in [4.69, 9.17) is 9.84 Å². The van der Waals surface area contributed by atoms with Crippen LogP contribution in [-0.2, 0) is 9.53 Å². The van der Waals surface area contributed by atoms with Crippen LogP contribution in [0.5, 0.6) is 0 Å². The standard InChI is InChI=1S/C14H27NO3/c1-5-14(6-2)11(10-12(14)18-7-3)15(4)9-8-13(16)17/h11-12H,5-10H2,1-4H3,(H,16,17)/t11-,12-/m0/s1. The van der Waals surface area contributed by atoms with Gasteiger partial charge < -0.3 is 14.7 Å². The molecule has 0 aromatic carbocycles. The Morgan fingerprint density at radius 2 is 2.00 bits per heavy atom. The molecule has 0 aromatic heterocycles. The number of carboxylic acids is 1. The molecule has 0 saturated heterocycles. The predicted molar refractivity (Wildman–Crippen MR) is 71.7 cm³/mol. The highest BCUT2D eigenvalue weighted by Gasteiger charge is 2.54. The lowest BCUT2D eigenvalue weighted by atomic mass is 9.58. The van der Waals surface area contributed by atoms with Crippen LogP contribution in [0.25, 0.3) is 0 Å². The van der Waals surface area contributed by atoms with E-state index in [0.717, 1.165) is 25.9 Å². The molecular weight excluding hydrogens is 230 g/mol. The summed E-state index contributed by atoms with van der Waals surface area (Å²) in [5, 5.41) is 8.76. The number of ether oxygens (including phenoxy) is 1. The van der Waals surface area contributed by atoms with Crippen molar-refractivity contribution >= 4 is 5.97 Å². The quantitative estimate of drug-likeness (QED) is 0.725. The van der Waals surface area contributed by atoms with Crippen molar-refractivity contribution in [3.63, 3.8) is 0 Å². The van der Waals surface area contributed by atoms with Crippen LogP contribution in [0.15, 0.2) is 0 Å². The number of nitrogens with zero attached hydrogens (tertiary/aromatic N) is 1. The number of hydrogen-bond acceptors (Lipinski definition) is 3. The van der Waals surface area contributed by atoms with Crippen molar-refractivity contribution < 1.29 is 14.6 Å². The smallest absolute Gasteiger partial charge is 0.304 e. The summed E-state index contributed by atoms with van der Waals surface area (Å²) in [7, 11) is 2.04. The van der Waals surface area contributed by atoms with Crippen LogP contribution in [0, 0.1) is 5.41 Å². The summed E-state index contributed by atoms with van der Waals surface area (Å²) in [4.78, 5) is 12.9. The van der Waals surface area contributed by atoms with Gasteiger partial charge in [0.2, 0.25) is 0 Å². The molecular formula is C14H27NO3. The SMILES string of the molecule is CCO[C@H]1C[C@H](N(C)CCC(=O)O)C1(CC)CC. The summed E-state index contributed by atoms with van der Waals surface area (Å²) < 4.78 is 5.84. The molecule has 1 aliphatic carbocycles. The molecule has 0 spiro atoms. The second kappa shape index (κ2) is 6.53. The topological polar surface area (TPSA) is 49.8 Å². The fourth-order valence-electron chi connectivity index (χ4n) is 3.38. The van der Waals surface area contributed by atoms with Crippen LogP contribution in [0.2, 0.25) is 0 Å². The van der Waals surface area contributed by atoms with Crippen LogP contribution in [0.4, 0.5) is 0 Å². The Bertz CT molecular complexity index is 276. The van der Waals surface area contributed by atoms with Gasteiger partial charge in [0.1, 0.15) is 0 Å². The third kappa shape index (κ3) is 2.86. The zero-order chi connectivity index (χ0) is 13.8. The number of aliphatic carboxylic acids is 1. The van der Waals surface area contributed by atoms with Gasteiger partial charge >= 0.3 is 5.97 Å². The zero-order valence-corrected chi connectivity index (χ0v) is 12.1. The molecule has 0 aromatic rings. The summed E-state index contributed by atoms with van der Waals surface area (Å²) in [6.07, 6.45) is 3.78. The molecule has 18 heavy (non-hydrogen) atoms. The summed E-state index contributed by atoms with van der Waals surface area (Å²) in [5.74, 6) is -0.721. The molecule has 0 heterocycles. The van der Waals surface area contributed by atoms with Crippen LogP contribution in [0.1, 0.15) is 46.5 Å². The molecule has 106 valence electrons. The largest absolute Gasteiger partial charge is 0.481 e. The lowest BCUT2D eigenvalue weighted by molar-refractivity contribution is -0.168. The van der Waals surface area contributed by atoms with Crippen molar-refractivity contribution in [2.75, 3.05) is 20.2 Å². The van der Waals surface area contributed by atoms with Crippen molar-refractivity contribution in [2.24, 2.45) is 5.41 Å². The minimum absolute atomic E-state index is 0.212. The van der Waals surface area contributed by atoms with Crippen molar-refractivity contribution in [1.29, 1.82) is 0 Å². The number of carboxylic acid groups (broad SMARTS) is 1. The highest BCUT2D eigenvalue weighted by atomic mass is 16.5. The molecule has 0 unspecified atom stereocenters. The van der Waals surface area contributed by atoms with E-state index in [0.29, 0.717) is 18.7 Å². The molecule has 1 rings (SSSR count). The van der Waals surface area contributed by atoms with Crippen molar-refractivity contribution in [1.82, 2.24) is 4.90 Å². The molecule has 0 amide bonds. The zero-order valence-electron chi connectivity index (χ0n) is 12.1.